The Morgan fingerprint density at radius 2 is 1.90 bits per heavy atom. The first-order chi connectivity index (χ1) is 10.1. The van der Waals surface area contributed by atoms with Crippen LogP contribution in [0.2, 0.25) is 5.02 Å². The highest BCUT2D eigenvalue weighted by atomic mass is 35.5. The molecule has 2 rings (SSSR count). The lowest BCUT2D eigenvalue weighted by Gasteiger charge is -2.35. The van der Waals surface area contributed by atoms with Crippen LogP contribution in [0, 0.1) is 0 Å². The zero-order chi connectivity index (χ0) is 15.2. The minimum atomic E-state index is -0.0737. The lowest BCUT2D eigenvalue weighted by Crippen LogP contribution is -2.51. The van der Waals surface area contributed by atoms with E-state index in [1.54, 1.807) is 6.07 Å². The fourth-order valence-corrected chi connectivity index (χ4v) is 2.46. The zero-order valence-electron chi connectivity index (χ0n) is 12.7. The third kappa shape index (κ3) is 4.88. The van der Waals surface area contributed by atoms with Gasteiger partial charge in [0.15, 0.2) is 0 Å². The molecule has 1 N–H and O–H groups in total. The molecular weight excluding hydrogens is 288 g/mol. The summed E-state index contributed by atoms with van der Waals surface area (Å²) in [6.45, 7) is 5.44. The van der Waals surface area contributed by atoms with Crippen molar-refractivity contribution in [3.8, 4) is 0 Å². The molecule has 2 amide bonds. The van der Waals surface area contributed by atoms with Gasteiger partial charge in [-0.15, -0.1) is 0 Å². The monoisotopic (exact) mass is 310 g/mol. The Bertz CT molecular complexity index is 472. The van der Waals surface area contributed by atoms with Crippen LogP contribution in [0.4, 0.5) is 10.5 Å². The molecule has 1 fully saturated rings. The quantitative estimate of drug-likeness (QED) is 0.925. The van der Waals surface area contributed by atoms with Crippen LogP contribution < -0.4 is 5.32 Å². The number of rotatable bonds is 4. The van der Waals surface area contributed by atoms with Crippen molar-refractivity contribution in [1.82, 2.24) is 14.7 Å². The van der Waals surface area contributed by atoms with Gasteiger partial charge in [-0.05, 0) is 26.2 Å². The van der Waals surface area contributed by atoms with Crippen LogP contribution in [0.5, 0.6) is 0 Å². The maximum atomic E-state index is 12.2. The average molecular weight is 311 g/mol. The van der Waals surface area contributed by atoms with Crippen LogP contribution in [0.1, 0.15) is 0 Å². The summed E-state index contributed by atoms with van der Waals surface area (Å²) in [5, 5.41) is 3.44. The number of para-hydroxylation sites is 1. The first-order valence-corrected chi connectivity index (χ1v) is 7.61. The Kier molecular flexibility index (Phi) is 5.85. The Balaban J connectivity index is 1.79. The lowest BCUT2D eigenvalue weighted by molar-refractivity contribution is 0.140. The molecule has 1 aliphatic rings. The molecule has 1 aliphatic heterocycles. The zero-order valence-corrected chi connectivity index (χ0v) is 13.4. The molecule has 0 aromatic heterocycles. The summed E-state index contributed by atoms with van der Waals surface area (Å²) in [4.78, 5) is 18.6. The van der Waals surface area contributed by atoms with Crippen molar-refractivity contribution in [2.24, 2.45) is 0 Å². The highest BCUT2D eigenvalue weighted by Gasteiger charge is 2.21. The molecule has 21 heavy (non-hydrogen) atoms. The predicted molar refractivity (Wildman–Crippen MR) is 87.0 cm³/mol. The lowest BCUT2D eigenvalue weighted by atomic mass is 10.3. The van der Waals surface area contributed by atoms with Gasteiger partial charge >= 0.3 is 6.03 Å². The molecule has 5 nitrogen and oxygen atoms in total. The predicted octanol–water partition coefficient (Wildman–Crippen LogP) is 2.05. The summed E-state index contributed by atoms with van der Waals surface area (Å²) in [5.41, 5.74) is 0.666. The van der Waals surface area contributed by atoms with Gasteiger partial charge in [-0.25, -0.2) is 4.79 Å². The van der Waals surface area contributed by atoms with Gasteiger partial charge in [-0.3, -0.25) is 4.90 Å². The van der Waals surface area contributed by atoms with Gasteiger partial charge in [0.05, 0.1) is 10.7 Å². The molecule has 1 saturated heterocycles. The van der Waals surface area contributed by atoms with Gasteiger partial charge in [-0.1, -0.05) is 23.7 Å². The molecule has 0 radical (unpaired) electrons. The van der Waals surface area contributed by atoms with E-state index in [0.717, 1.165) is 39.3 Å². The maximum Gasteiger partial charge on any atom is 0.321 e. The third-order valence-electron chi connectivity index (χ3n) is 3.64. The van der Waals surface area contributed by atoms with Crippen LogP contribution in [-0.2, 0) is 0 Å². The molecule has 116 valence electrons. The first kappa shape index (κ1) is 16.1. The second-order valence-corrected chi connectivity index (χ2v) is 5.95. The number of carbonyl (C=O) groups is 1. The number of hydrogen-bond donors (Lipinski definition) is 1. The van der Waals surface area contributed by atoms with Gasteiger partial charge in [0.25, 0.3) is 0 Å². The average Bonchev–Trinajstić information content (AvgIpc) is 2.48. The van der Waals surface area contributed by atoms with E-state index in [2.05, 4.69) is 29.2 Å². The summed E-state index contributed by atoms with van der Waals surface area (Å²) < 4.78 is 0. The minimum Gasteiger partial charge on any atom is -0.322 e. The molecule has 1 aromatic rings. The molecule has 1 aromatic carbocycles. The van der Waals surface area contributed by atoms with Gasteiger partial charge in [0.2, 0.25) is 0 Å². The van der Waals surface area contributed by atoms with Crippen molar-refractivity contribution in [3.63, 3.8) is 0 Å². The topological polar surface area (TPSA) is 38.8 Å². The normalized spacial score (nSPS) is 16.3. The fraction of sp³-hybridized carbons (Fsp3) is 0.533. The number of nitrogens with zero attached hydrogens (tertiary/aromatic N) is 3. The van der Waals surface area contributed by atoms with Crippen LogP contribution in [0.15, 0.2) is 24.3 Å². The summed E-state index contributed by atoms with van der Waals surface area (Å²) >= 11 is 6.06. The summed E-state index contributed by atoms with van der Waals surface area (Å²) in [6, 6.07) is 7.22. The molecule has 0 atom stereocenters. The molecule has 1 heterocycles. The van der Waals surface area contributed by atoms with E-state index in [4.69, 9.17) is 11.6 Å². The van der Waals surface area contributed by atoms with Crippen molar-refractivity contribution in [1.29, 1.82) is 0 Å². The SMILES string of the molecule is CN(C)CCN1CCN(C(=O)Nc2ccccc2Cl)CC1. The Labute approximate surface area is 131 Å². The molecule has 0 saturated carbocycles. The Morgan fingerprint density at radius 3 is 2.52 bits per heavy atom. The van der Waals surface area contributed by atoms with Crippen molar-refractivity contribution < 1.29 is 4.79 Å². The van der Waals surface area contributed by atoms with E-state index in [1.165, 1.54) is 0 Å². The smallest absolute Gasteiger partial charge is 0.321 e. The van der Waals surface area contributed by atoms with Crippen LogP contribution in [0.3, 0.4) is 0 Å². The Morgan fingerprint density at radius 1 is 1.24 bits per heavy atom. The number of piperazine rings is 1. The molecular formula is C15H23ClN4O. The van der Waals surface area contributed by atoms with E-state index < -0.39 is 0 Å². The minimum absolute atomic E-state index is 0.0737. The van der Waals surface area contributed by atoms with Crippen LogP contribution in [-0.4, -0.2) is 74.1 Å². The van der Waals surface area contributed by atoms with Crippen LogP contribution >= 0.6 is 11.6 Å². The van der Waals surface area contributed by atoms with Crippen molar-refractivity contribution in [2.45, 2.75) is 0 Å². The summed E-state index contributed by atoms with van der Waals surface area (Å²) in [7, 11) is 4.15. The molecule has 0 unspecified atom stereocenters. The van der Waals surface area contributed by atoms with E-state index in [0.29, 0.717) is 10.7 Å². The van der Waals surface area contributed by atoms with Crippen LogP contribution in [0.25, 0.3) is 0 Å². The van der Waals surface area contributed by atoms with Crippen molar-refractivity contribution in [2.75, 3.05) is 58.7 Å². The van der Waals surface area contributed by atoms with Crippen molar-refractivity contribution >= 4 is 23.3 Å². The van der Waals surface area contributed by atoms with Gasteiger partial charge in [-0.2, -0.15) is 0 Å². The Hall–Kier alpha value is -1.30. The number of urea groups is 1. The number of anilines is 1. The first-order valence-electron chi connectivity index (χ1n) is 7.24. The largest absolute Gasteiger partial charge is 0.322 e. The fourth-order valence-electron chi connectivity index (χ4n) is 2.27. The van der Waals surface area contributed by atoms with E-state index in [9.17, 15) is 4.79 Å². The number of benzene rings is 1. The molecule has 0 spiro atoms. The summed E-state index contributed by atoms with van der Waals surface area (Å²) in [6.07, 6.45) is 0. The van der Waals surface area contributed by atoms with Crippen molar-refractivity contribution in [3.05, 3.63) is 29.3 Å². The highest BCUT2D eigenvalue weighted by Crippen LogP contribution is 2.20. The van der Waals surface area contributed by atoms with Gasteiger partial charge < -0.3 is 15.1 Å². The molecule has 6 heteroatoms. The third-order valence-corrected chi connectivity index (χ3v) is 3.97. The number of halogens is 1. The maximum absolute atomic E-state index is 12.2. The molecule has 0 aliphatic carbocycles. The van der Waals surface area contributed by atoms with Gasteiger partial charge in [0, 0.05) is 39.3 Å². The highest BCUT2D eigenvalue weighted by molar-refractivity contribution is 6.33. The summed E-state index contributed by atoms with van der Waals surface area (Å²) in [5.74, 6) is 0. The standard InChI is InChI=1S/C15H23ClN4O/c1-18(2)7-8-19-9-11-20(12-10-19)15(21)17-14-6-4-3-5-13(14)16/h3-6H,7-12H2,1-2H3,(H,17,21). The number of nitrogens with one attached hydrogen (secondary N) is 1. The van der Waals surface area contributed by atoms with Gasteiger partial charge in [0.1, 0.15) is 0 Å². The number of hydrogen-bond acceptors (Lipinski definition) is 3. The second kappa shape index (κ2) is 7.64. The second-order valence-electron chi connectivity index (χ2n) is 5.54. The molecule has 0 bridgehead atoms. The number of amides is 2. The van der Waals surface area contributed by atoms with E-state index >= 15 is 0 Å². The van der Waals surface area contributed by atoms with E-state index in [-0.39, 0.29) is 6.03 Å². The number of likely N-dealkylation sites (N-methyl/N-ethyl adjacent to an activating group) is 1. The van der Waals surface area contributed by atoms with E-state index in [1.807, 2.05) is 23.1 Å². The number of carbonyl (C=O) groups excluding carboxylic acids is 1.